The third kappa shape index (κ3) is 1.74. The second-order valence-corrected chi connectivity index (χ2v) is 5.02. The molecule has 0 amide bonds. The summed E-state index contributed by atoms with van der Waals surface area (Å²) < 4.78 is 0. The first-order chi connectivity index (χ1) is 7.10. The van der Waals surface area contributed by atoms with E-state index in [9.17, 15) is 9.90 Å². The minimum atomic E-state index is -0.736. The first-order valence-corrected chi connectivity index (χ1v) is 6.28. The van der Waals surface area contributed by atoms with E-state index in [-0.39, 0.29) is 0 Å². The molecule has 0 unspecified atom stereocenters. The lowest BCUT2D eigenvalue weighted by molar-refractivity contribution is -0.140. The van der Waals surface area contributed by atoms with Crippen molar-refractivity contribution < 1.29 is 9.90 Å². The summed E-state index contributed by atoms with van der Waals surface area (Å²) in [5.41, 5.74) is 0.207. The Bertz CT molecular complexity index is 413. The molecule has 2 rings (SSSR count). The maximum atomic E-state index is 11.2. The predicted molar refractivity (Wildman–Crippen MR) is 61.8 cm³/mol. The molecule has 0 heterocycles. The van der Waals surface area contributed by atoms with Crippen molar-refractivity contribution in [3.63, 3.8) is 0 Å². The third-order valence-electron chi connectivity index (χ3n) is 2.84. The highest BCUT2D eigenvalue weighted by molar-refractivity contribution is 7.98. The van der Waals surface area contributed by atoms with Crippen molar-refractivity contribution in [2.24, 2.45) is 0 Å². The molecule has 1 aromatic rings. The molecule has 0 spiro atoms. The Morgan fingerprint density at radius 2 is 2.20 bits per heavy atom. The van der Waals surface area contributed by atoms with E-state index in [1.165, 1.54) is 0 Å². The molecule has 1 aromatic carbocycles. The Labute approximate surface area is 97.6 Å². The van der Waals surface area contributed by atoms with E-state index < -0.39 is 11.4 Å². The standard InChI is InChI=1S/C11H11ClO2S/c1-15-9-3-2-7(12)6-8(9)11(4-5-11)10(13)14/h2-3,6H,4-5H2,1H3,(H,13,14). The molecule has 1 saturated carbocycles. The van der Waals surface area contributed by atoms with Gasteiger partial charge in [0.1, 0.15) is 0 Å². The predicted octanol–water partition coefficient (Wildman–Crippen LogP) is 3.18. The smallest absolute Gasteiger partial charge is 0.314 e. The molecule has 0 aliphatic heterocycles. The molecule has 80 valence electrons. The SMILES string of the molecule is CSc1ccc(Cl)cc1C1(C(=O)O)CC1. The van der Waals surface area contributed by atoms with Crippen LogP contribution in [0.4, 0.5) is 0 Å². The van der Waals surface area contributed by atoms with Gasteiger partial charge in [0.25, 0.3) is 0 Å². The average Bonchev–Trinajstić information content (AvgIpc) is 2.98. The Balaban J connectivity index is 2.51. The van der Waals surface area contributed by atoms with Gasteiger partial charge in [0.2, 0.25) is 0 Å². The van der Waals surface area contributed by atoms with E-state index >= 15 is 0 Å². The zero-order chi connectivity index (χ0) is 11.1. The molecule has 1 aliphatic carbocycles. The number of aliphatic carboxylic acids is 1. The zero-order valence-electron chi connectivity index (χ0n) is 8.29. The van der Waals surface area contributed by atoms with Crippen LogP contribution in [0.15, 0.2) is 23.1 Å². The summed E-state index contributed by atoms with van der Waals surface area (Å²) in [5.74, 6) is -0.736. The number of carboxylic acids is 1. The summed E-state index contributed by atoms with van der Waals surface area (Å²) in [6.07, 6.45) is 3.39. The van der Waals surface area contributed by atoms with Crippen LogP contribution in [0.5, 0.6) is 0 Å². The van der Waals surface area contributed by atoms with Crippen LogP contribution in [0.1, 0.15) is 18.4 Å². The van der Waals surface area contributed by atoms with Crippen LogP contribution in [0, 0.1) is 0 Å². The van der Waals surface area contributed by atoms with Crippen LogP contribution in [0.3, 0.4) is 0 Å². The molecule has 1 N–H and O–H groups in total. The number of rotatable bonds is 3. The van der Waals surface area contributed by atoms with E-state index in [4.69, 9.17) is 11.6 Å². The first kappa shape index (κ1) is 10.8. The largest absolute Gasteiger partial charge is 0.481 e. The molecule has 0 saturated heterocycles. The molecular weight excluding hydrogens is 232 g/mol. The second kappa shape index (κ2) is 3.72. The molecule has 15 heavy (non-hydrogen) atoms. The molecule has 2 nitrogen and oxygen atoms in total. The zero-order valence-corrected chi connectivity index (χ0v) is 9.86. The van der Waals surface area contributed by atoms with Gasteiger partial charge in [-0.05, 0) is 42.9 Å². The van der Waals surface area contributed by atoms with Gasteiger partial charge in [-0.15, -0.1) is 11.8 Å². The lowest BCUT2D eigenvalue weighted by atomic mass is 9.96. The molecule has 1 aliphatic rings. The van der Waals surface area contributed by atoms with Gasteiger partial charge in [0.15, 0.2) is 0 Å². The van der Waals surface area contributed by atoms with Crippen LogP contribution in [0.2, 0.25) is 5.02 Å². The second-order valence-electron chi connectivity index (χ2n) is 3.73. The molecule has 4 heteroatoms. The van der Waals surface area contributed by atoms with Crippen LogP contribution < -0.4 is 0 Å². The lowest BCUT2D eigenvalue weighted by Crippen LogP contribution is -2.20. The van der Waals surface area contributed by atoms with Crippen LogP contribution in [-0.4, -0.2) is 17.3 Å². The van der Waals surface area contributed by atoms with Gasteiger partial charge in [-0.2, -0.15) is 0 Å². The topological polar surface area (TPSA) is 37.3 Å². The van der Waals surface area contributed by atoms with Crippen molar-refractivity contribution in [2.45, 2.75) is 23.2 Å². The highest BCUT2D eigenvalue weighted by Crippen LogP contribution is 2.51. The maximum absolute atomic E-state index is 11.2. The number of benzene rings is 1. The van der Waals surface area contributed by atoms with Gasteiger partial charge >= 0.3 is 5.97 Å². The van der Waals surface area contributed by atoms with Crippen molar-refractivity contribution in [3.05, 3.63) is 28.8 Å². The van der Waals surface area contributed by atoms with Gasteiger partial charge in [-0.1, -0.05) is 11.6 Å². The lowest BCUT2D eigenvalue weighted by Gasteiger charge is -2.14. The average molecular weight is 243 g/mol. The fraction of sp³-hybridized carbons (Fsp3) is 0.364. The van der Waals surface area contributed by atoms with Gasteiger partial charge in [-0.3, -0.25) is 4.79 Å². The highest BCUT2D eigenvalue weighted by atomic mass is 35.5. The minimum Gasteiger partial charge on any atom is -0.481 e. The Hall–Kier alpha value is -0.670. The number of carbonyl (C=O) groups is 1. The quantitative estimate of drug-likeness (QED) is 0.828. The van der Waals surface area contributed by atoms with Crippen LogP contribution in [0.25, 0.3) is 0 Å². The molecule has 1 fully saturated rings. The minimum absolute atomic E-state index is 0.607. The van der Waals surface area contributed by atoms with Crippen molar-refractivity contribution in [1.29, 1.82) is 0 Å². The number of halogens is 1. The monoisotopic (exact) mass is 242 g/mol. The van der Waals surface area contributed by atoms with Crippen molar-refractivity contribution >= 4 is 29.3 Å². The molecule has 0 atom stereocenters. The van der Waals surface area contributed by atoms with E-state index in [0.29, 0.717) is 5.02 Å². The Kier molecular flexibility index (Phi) is 2.69. The molecular formula is C11H11ClO2S. The summed E-state index contributed by atoms with van der Waals surface area (Å²) in [4.78, 5) is 12.2. The van der Waals surface area contributed by atoms with Gasteiger partial charge in [0, 0.05) is 9.92 Å². The molecule has 0 aromatic heterocycles. The fourth-order valence-corrected chi connectivity index (χ4v) is 2.63. The van der Waals surface area contributed by atoms with E-state index in [0.717, 1.165) is 23.3 Å². The number of thioether (sulfide) groups is 1. The Morgan fingerprint density at radius 1 is 1.53 bits per heavy atom. The summed E-state index contributed by atoms with van der Waals surface area (Å²) in [5, 5.41) is 9.82. The number of hydrogen-bond donors (Lipinski definition) is 1. The van der Waals surface area contributed by atoms with Crippen molar-refractivity contribution in [1.82, 2.24) is 0 Å². The summed E-state index contributed by atoms with van der Waals surface area (Å²) in [6.45, 7) is 0. The van der Waals surface area contributed by atoms with E-state index in [1.807, 2.05) is 12.3 Å². The summed E-state index contributed by atoms with van der Waals surface area (Å²) in [7, 11) is 0. The fourth-order valence-electron chi connectivity index (χ4n) is 1.78. The van der Waals surface area contributed by atoms with Gasteiger partial charge < -0.3 is 5.11 Å². The Morgan fingerprint density at radius 3 is 2.67 bits per heavy atom. The first-order valence-electron chi connectivity index (χ1n) is 4.67. The van der Waals surface area contributed by atoms with Crippen LogP contribution in [-0.2, 0) is 10.2 Å². The van der Waals surface area contributed by atoms with E-state index in [1.54, 1.807) is 23.9 Å². The number of hydrogen-bond acceptors (Lipinski definition) is 2. The highest BCUT2D eigenvalue weighted by Gasteiger charge is 2.52. The summed E-state index contributed by atoms with van der Waals surface area (Å²) >= 11 is 7.48. The van der Waals surface area contributed by atoms with Gasteiger partial charge in [0.05, 0.1) is 5.41 Å². The molecule has 0 bridgehead atoms. The van der Waals surface area contributed by atoms with Crippen LogP contribution >= 0.6 is 23.4 Å². The molecule has 0 radical (unpaired) electrons. The third-order valence-corrected chi connectivity index (χ3v) is 3.87. The van der Waals surface area contributed by atoms with Crippen molar-refractivity contribution in [3.8, 4) is 0 Å². The van der Waals surface area contributed by atoms with Gasteiger partial charge in [-0.25, -0.2) is 0 Å². The van der Waals surface area contributed by atoms with Crippen molar-refractivity contribution in [2.75, 3.05) is 6.26 Å². The normalized spacial score (nSPS) is 17.5. The van der Waals surface area contributed by atoms with E-state index in [2.05, 4.69) is 0 Å². The maximum Gasteiger partial charge on any atom is 0.314 e. The summed E-state index contributed by atoms with van der Waals surface area (Å²) in [6, 6.07) is 5.48. The number of carboxylic acid groups (broad SMARTS) is 1.